The summed E-state index contributed by atoms with van der Waals surface area (Å²) >= 11 is 0. The van der Waals surface area contributed by atoms with Crippen molar-refractivity contribution < 1.29 is 4.79 Å². The van der Waals surface area contributed by atoms with Crippen molar-refractivity contribution in [2.24, 2.45) is 0 Å². The number of aryl methyl sites for hydroxylation is 1. The molecule has 2 aliphatic rings. The van der Waals surface area contributed by atoms with E-state index in [0.717, 1.165) is 30.4 Å². The van der Waals surface area contributed by atoms with E-state index in [4.69, 9.17) is 0 Å². The zero-order valence-corrected chi connectivity index (χ0v) is 14.9. The van der Waals surface area contributed by atoms with Gasteiger partial charge in [-0.05, 0) is 55.2 Å². The number of carbonyl (C=O) groups is 1. The molecule has 1 N–H and O–H groups in total. The van der Waals surface area contributed by atoms with Gasteiger partial charge in [-0.15, -0.1) is 0 Å². The Morgan fingerprint density at radius 3 is 2.44 bits per heavy atom. The molecule has 0 saturated heterocycles. The molecular formula is C22H26N2O. The van der Waals surface area contributed by atoms with Crippen molar-refractivity contribution in [3.8, 4) is 0 Å². The van der Waals surface area contributed by atoms with Crippen LogP contribution < -0.4 is 5.32 Å². The second-order valence-corrected chi connectivity index (χ2v) is 7.50. The predicted octanol–water partition coefficient (Wildman–Crippen LogP) is 4.90. The first kappa shape index (κ1) is 16.3. The highest BCUT2D eigenvalue weighted by molar-refractivity contribution is 6.04. The molecule has 0 bridgehead atoms. The summed E-state index contributed by atoms with van der Waals surface area (Å²) in [5, 5.41) is 3.04. The Hall–Kier alpha value is -2.13. The van der Waals surface area contributed by atoms with Gasteiger partial charge in [0, 0.05) is 30.4 Å². The van der Waals surface area contributed by atoms with Crippen LogP contribution in [-0.4, -0.2) is 16.8 Å². The minimum atomic E-state index is -0.0397. The largest absolute Gasteiger partial charge is 0.322 e. The molecule has 1 aliphatic heterocycles. The highest BCUT2D eigenvalue weighted by Gasteiger charge is 2.27. The standard InChI is InChI=1S/C22H26N2O/c1-16-7-9-17(10-8-16)22(25)23-20-12-11-18-14-24(15-19(18)13-20)21-5-3-2-4-6-21/h7-13,21H,2-6,14-15H2,1H3,(H,23,25). The van der Waals surface area contributed by atoms with Crippen molar-refractivity contribution in [3.05, 3.63) is 64.7 Å². The van der Waals surface area contributed by atoms with Crippen LogP contribution in [0.4, 0.5) is 5.69 Å². The van der Waals surface area contributed by atoms with Crippen LogP contribution in [0.25, 0.3) is 0 Å². The van der Waals surface area contributed by atoms with Crippen LogP contribution >= 0.6 is 0 Å². The van der Waals surface area contributed by atoms with E-state index in [1.807, 2.05) is 37.3 Å². The Balaban J connectivity index is 1.44. The maximum Gasteiger partial charge on any atom is 0.255 e. The van der Waals surface area contributed by atoms with Crippen molar-refractivity contribution in [2.45, 2.75) is 58.2 Å². The molecule has 1 amide bonds. The third-order valence-corrected chi connectivity index (χ3v) is 5.62. The zero-order chi connectivity index (χ0) is 17.2. The van der Waals surface area contributed by atoms with Crippen LogP contribution in [0.15, 0.2) is 42.5 Å². The summed E-state index contributed by atoms with van der Waals surface area (Å²) in [7, 11) is 0. The monoisotopic (exact) mass is 334 g/mol. The molecule has 3 heteroatoms. The lowest BCUT2D eigenvalue weighted by Crippen LogP contribution is -2.32. The van der Waals surface area contributed by atoms with Gasteiger partial charge in [-0.3, -0.25) is 9.69 Å². The fourth-order valence-electron chi connectivity index (χ4n) is 4.11. The molecule has 0 spiro atoms. The lowest BCUT2D eigenvalue weighted by molar-refractivity contribution is 0.102. The lowest BCUT2D eigenvalue weighted by Gasteiger charge is -2.30. The number of anilines is 1. The Bertz CT molecular complexity index is 760. The smallest absolute Gasteiger partial charge is 0.255 e. The third-order valence-electron chi connectivity index (χ3n) is 5.62. The normalized spacial score (nSPS) is 18.1. The summed E-state index contributed by atoms with van der Waals surface area (Å²) < 4.78 is 0. The van der Waals surface area contributed by atoms with Gasteiger partial charge in [0.15, 0.2) is 0 Å². The van der Waals surface area contributed by atoms with Gasteiger partial charge in [0.2, 0.25) is 0 Å². The molecule has 1 fully saturated rings. The molecule has 4 rings (SSSR count). The van der Waals surface area contributed by atoms with Gasteiger partial charge in [0.25, 0.3) is 5.91 Å². The van der Waals surface area contributed by atoms with Gasteiger partial charge >= 0.3 is 0 Å². The van der Waals surface area contributed by atoms with Crippen LogP contribution in [-0.2, 0) is 13.1 Å². The molecule has 25 heavy (non-hydrogen) atoms. The summed E-state index contributed by atoms with van der Waals surface area (Å²) in [5.74, 6) is -0.0397. The number of amides is 1. The lowest BCUT2D eigenvalue weighted by atomic mass is 9.94. The number of fused-ring (bicyclic) bond motifs is 1. The van der Waals surface area contributed by atoms with Crippen LogP contribution in [0.2, 0.25) is 0 Å². The van der Waals surface area contributed by atoms with E-state index in [1.54, 1.807) is 0 Å². The molecule has 0 aromatic heterocycles. The van der Waals surface area contributed by atoms with E-state index in [2.05, 4.69) is 22.3 Å². The van der Waals surface area contributed by atoms with Crippen LogP contribution in [0, 0.1) is 6.92 Å². The summed E-state index contributed by atoms with van der Waals surface area (Å²) in [4.78, 5) is 15.0. The topological polar surface area (TPSA) is 32.3 Å². The van der Waals surface area contributed by atoms with Gasteiger partial charge in [0.1, 0.15) is 0 Å². The van der Waals surface area contributed by atoms with Gasteiger partial charge in [0.05, 0.1) is 0 Å². The number of benzene rings is 2. The number of carbonyl (C=O) groups excluding carboxylic acids is 1. The molecule has 0 atom stereocenters. The Labute approximate surface area is 150 Å². The Kier molecular flexibility index (Phi) is 4.58. The first-order valence-electron chi connectivity index (χ1n) is 9.43. The summed E-state index contributed by atoms with van der Waals surface area (Å²) in [6.45, 7) is 4.11. The quantitative estimate of drug-likeness (QED) is 0.866. The van der Waals surface area contributed by atoms with E-state index in [-0.39, 0.29) is 5.91 Å². The molecule has 2 aromatic rings. The predicted molar refractivity (Wildman–Crippen MR) is 102 cm³/mol. The Morgan fingerprint density at radius 2 is 1.68 bits per heavy atom. The van der Waals surface area contributed by atoms with Crippen LogP contribution in [0.5, 0.6) is 0 Å². The van der Waals surface area contributed by atoms with E-state index in [9.17, 15) is 4.79 Å². The fraction of sp³-hybridized carbons (Fsp3) is 0.409. The first-order valence-corrected chi connectivity index (χ1v) is 9.43. The number of hydrogen-bond acceptors (Lipinski definition) is 2. The summed E-state index contributed by atoms with van der Waals surface area (Å²) in [6, 6.07) is 14.8. The summed E-state index contributed by atoms with van der Waals surface area (Å²) in [6.07, 6.45) is 6.81. The molecule has 1 saturated carbocycles. The molecule has 1 heterocycles. The van der Waals surface area contributed by atoms with E-state index in [1.165, 1.54) is 43.2 Å². The number of nitrogens with zero attached hydrogens (tertiary/aromatic N) is 1. The molecule has 3 nitrogen and oxygen atoms in total. The van der Waals surface area contributed by atoms with Gasteiger partial charge in [-0.25, -0.2) is 0 Å². The third kappa shape index (κ3) is 3.62. The van der Waals surface area contributed by atoms with Gasteiger partial charge in [-0.2, -0.15) is 0 Å². The number of rotatable bonds is 3. The number of nitrogens with one attached hydrogen (secondary N) is 1. The molecule has 130 valence electrons. The number of hydrogen-bond donors (Lipinski definition) is 1. The second kappa shape index (κ2) is 7.01. The molecular weight excluding hydrogens is 308 g/mol. The molecule has 2 aromatic carbocycles. The van der Waals surface area contributed by atoms with E-state index >= 15 is 0 Å². The van der Waals surface area contributed by atoms with Crippen molar-refractivity contribution in [1.29, 1.82) is 0 Å². The van der Waals surface area contributed by atoms with Gasteiger partial charge < -0.3 is 5.32 Å². The van der Waals surface area contributed by atoms with Gasteiger partial charge in [-0.1, -0.05) is 43.0 Å². The molecule has 1 aliphatic carbocycles. The average molecular weight is 334 g/mol. The van der Waals surface area contributed by atoms with E-state index in [0.29, 0.717) is 5.56 Å². The van der Waals surface area contributed by atoms with Crippen molar-refractivity contribution in [3.63, 3.8) is 0 Å². The van der Waals surface area contributed by atoms with Crippen molar-refractivity contribution >= 4 is 11.6 Å². The minimum Gasteiger partial charge on any atom is -0.322 e. The van der Waals surface area contributed by atoms with Crippen LogP contribution in [0.1, 0.15) is 59.2 Å². The maximum absolute atomic E-state index is 12.4. The SMILES string of the molecule is Cc1ccc(C(=O)Nc2ccc3c(c2)CN(C2CCCCC2)C3)cc1. The maximum atomic E-state index is 12.4. The summed E-state index contributed by atoms with van der Waals surface area (Å²) in [5.41, 5.74) is 5.55. The average Bonchev–Trinajstić information content (AvgIpc) is 3.06. The van der Waals surface area contributed by atoms with E-state index < -0.39 is 0 Å². The Morgan fingerprint density at radius 1 is 0.960 bits per heavy atom. The highest BCUT2D eigenvalue weighted by atomic mass is 16.1. The van der Waals surface area contributed by atoms with Crippen LogP contribution in [0.3, 0.4) is 0 Å². The van der Waals surface area contributed by atoms with Crippen molar-refractivity contribution in [2.75, 3.05) is 5.32 Å². The molecule has 0 unspecified atom stereocenters. The molecule has 0 radical (unpaired) electrons. The first-order chi connectivity index (χ1) is 12.2. The van der Waals surface area contributed by atoms with Crippen molar-refractivity contribution in [1.82, 2.24) is 4.90 Å². The fourth-order valence-corrected chi connectivity index (χ4v) is 4.11. The zero-order valence-electron chi connectivity index (χ0n) is 14.9. The highest BCUT2D eigenvalue weighted by Crippen LogP contribution is 2.32. The second-order valence-electron chi connectivity index (χ2n) is 7.50. The minimum absolute atomic E-state index is 0.0397.